The second kappa shape index (κ2) is 5.22. The largest absolute Gasteiger partial charge is 0.465 e. The number of carbonyl (C=O) groups excluding carboxylic acids is 1. The molecule has 0 N–H and O–H groups in total. The van der Waals surface area contributed by atoms with Crippen LogP contribution in [0.5, 0.6) is 0 Å². The van der Waals surface area contributed by atoms with Crippen molar-refractivity contribution in [1.29, 1.82) is 0 Å². The number of hydrogen-bond donors (Lipinski definition) is 0. The van der Waals surface area contributed by atoms with Gasteiger partial charge in [0.15, 0.2) is 27.2 Å². The first-order chi connectivity index (χ1) is 7.86. The molecular formula is C10H10F2O4S. The normalized spacial score (nSPS) is 11.2. The predicted octanol–water partition coefficient (Wildman–Crippen LogP) is 1.30. The Morgan fingerprint density at radius 1 is 1.29 bits per heavy atom. The molecule has 0 radical (unpaired) electrons. The highest BCUT2D eigenvalue weighted by atomic mass is 32.2. The number of benzene rings is 1. The van der Waals surface area contributed by atoms with E-state index in [1.807, 2.05) is 0 Å². The van der Waals surface area contributed by atoms with Crippen LogP contribution in [0.15, 0.2) is 23.1 Å². The first kappa shape index (κ1) is 13.6. The summed E-state index contributed by atoms with van der Waals surface area (Å²) in [5.74, 6) is -4.27. The van der Waals surface area contributed by atoms with Crippen LogP contribution in [0.4, 0.5) is 8.78 Å². The van der Waals surface area contributed by atoms with E-state index in [4.69, 9.17) is 0 Å². The Hall–Kier alpha value is -1.50. The molecule has 1 rings (SSSR count). The quantitative estimate of drug-likeness (QED) is 0.607. The highest BCUT2D eigenvalue weighted by molar-refractivity contribution is 7.92. The Morgan fingerprint density at radius 3 is 2.47 bits per heavy atom. The molecule has 0 atom stereocenters. The van der Waals surface area contributed by atoms with E-state index in [1.54, 1.807) is 0 Å². The second-order valence-corrected chi connectivity index (χ2v) is 5.13. The Bertz CT molecular complexity index is 525. The zero-order valence-electron chi connectivity index (χ0n) is 8.94. The SMILES string of the molecule is CCOC(=O)CS(=O)(=O)c1ccc(F)c(F)c1. The highest BCUT2D eigenvalue weighted by Gasteiger charge is 2.21. The third kappa shape index (κ3) is 3.48. The number of hydrogen-bond acceptors (Lipinski definition) is 4. The van der Waals surface area contributed by atoms with Crippen LogP contribution < -0.4 is 0 Å². The molecule has 0 aliphatic rings. The zero-order valence-corrected chi connectivity index (χ0v) is 9.76. The summed E-state index contributed by atoms with van der Waals surface area (Å²) in [5.41, 5.74) is 0. The lowest BCUT2D eigenvalue weighted by Gasteiger charge is -2.04. The molecule has 7 heteroatoms. The molecule has 0 amide bonds. The minimum atomic E-state index is -4.00. The molecule has 1 aromatic carbocycles. The summed E-state index contributed by atoms with van der Waals surface area (Å²) >= 11 is 0. The third-order valence-electron chi connectivity index (χ3n) is 1.86. The summed E-state index contributed by atoms with van der Waals surface area (Å²) in [7, 11) is -4.00. The topological polar surface area (TPSA) is 60.4 Å². The molecule has 0 aromatic heterocycles. The van der Waals surface area contributed by atoms with Crippen LogP contribution in [0.2, 0.25) is 0 Å². The molecule has 0 heterocycles. The predicted molar refractivity (Wildman–Crippen MR) is 55.0 cm³/mol. The van der Waals surface area contributed by atoms with Crippen molar-refractivity contribution in [2.24, 2.45) is 0 Å². The van der Waals surface area contributed by atoms with Gasteiger partial charge in [-0.15, -0.1) is 0 Å². The number of ether oxygens (including phenoxy) is 1. The lowest BCUT2D eigenvalue weighted by atomic mass is 10.3. The van der Waals surface area contributed by atoms with Crippen molar-refractivity contribution in [3.8, 4) is 0 Å². The summed E-state index contributed by atoms with van der Waals surface area (Å²) < 4.78 is 53.1. The molecule has 4 nitrogen and oxygen atoms in total. The van der Waals surface area contributed by atoms with E-state index in [0.29, 0.717) is 12.1 Å². The van der Waals surface area contributed by atoms with Crippen LogP contribution in [0, 0.1) is 11.6 Å². The lowest BCUT2D eigenvalue weighted by Crippen LogP contribution is -2.18. The van der Waals surface area contributed by atoms with Crippen molar-refractivity contribution in [3.63, 3.8) is 0 Å². The van der Waals surface area contributed by atoms with Crippen molar-refractivity contribution in [2.45, 2.75) is 11.8 Å². The van der Waals surface area contributed by atoms with E-state index in [-0.39, 0.29) is 6.61 Å². The van der Waals surface area contributed by atoms with Gasteiger partial charge in [-0.1, -0.05) is 0 Å². The van der Waals surface area contributed by atoms with Crippen LogP contribution >= 0.6 is 0 Å². The standard InChI is InChI=1S/C10H10F2O4S/c1-2-16-10(13)6-17(14,15)7-3-4-8(11)9(12)5-7/h3-5H,2,6H2,1H3. The first-order valence-electron chi connectivity index (χ1n) is 4.70. The Labute approximate surface area is 97.1 Å². The van der Waals surface area contributed by atoms with Crippen molar-refractivity contribution in [1.82, 2.24) is 0 Å². The monoisotopic (exact) mass is 264 g/mol. The molecule has 0 spiro atoms. The van der Waals surface area contributed by atoms with E-state index in [1.165, 1.54) is 6.92 Å². The van der Waals surface area contributed by atoms with Gasteiger partial charge in [0.25, 0.3) is 0 Å². The van der Waals surface area contributed by atoms with Gasteiger partial charge in [-0.25, -0.2) is 17.2 Å². The molecule has 0 saturated carbocycles. The zero-order chi connectivity index (χ0) is 13.1. The maximum Gasteiger partial charge on any atom is 0.321 e. The maximum atomic E-state index is 12.8. The van der Waals surface area contributed by atoms with Gasteiger partial charge in [0, 0.05) is 0 Å². The number of rotatable bonds is 4. The van der Waals surface area contributed by atoms with Gasteiger partial charge in [0.2, 0.25) is 0 Å². The van der Waals surface area contributed by atoms with E-state index < -0.39 is 38.1 Å². The summed E-state index contributed by atoms with van der Waals surface area (Å²) in [6.45, 7) is 1.58. The molecule has 0 fully saturated rings. The van der Waals surface area contributed by atoms with E-state index >= 15 is 0 Å². The van der Waals surface area contributed by atoms with Crippen molar-refractivity contribution in [3.05, 3.63) is 29.8 Å². The molecule has 17 heavy (non-hydrogen) atoms. The molecular weight excluding hydrogens is 254 g/mol. The van der Waals surface area contributed by atoms with E-state index in [9.17, 15) is 22.0 Å². The molecule has 0 saturated heterocycles. The van der Waals surface area contributed by atoms with Gasteiger partial charge in [0.1, 0.15) is 0 Å². The first-order valence-corrected chi connectivity index (χ1v) is 6.35. The number of halogens is 2. The Morgan fingerprint density at radius 2 is 1.94 bits per heavy atom. The minimum Gasteiger partial charge on any atom is -0.465 e. The molecule has 94 valence electrons. The van der Waals surface area contributed by atoms with E-state index in [2.05, 4.69) is 4.74 Å². The molecule has 0 bridgehead atoms. The maximum absolute atomic E-state index is 12.8. The highest BCUT2D eigenvalue weighted by Crippen LogP contribution is 2.15. The van der Waals surface area contributed by atoms with Gasteiger partial charge >= 0.3 is 5.97 Å². The van der Waals surface area contributed by atoms with Crippen LogP contribution in [-0.2, 0) is 19.4 Å². The fourth-order valence-corrected chi connectivity index (χ4v) is 2.23. The Kier molecular flexibility index (Phi) is 4.17. The third-order valence-corrected chi connectivity index (χ3v) is 3.45. The summed E-state index contributed by atoms with van der Waals surface area (Å²) in [6.07, 6.45) is 0. The van der Waals surface area contributed by atoms with Crippen molar-refractivity contribution < 1.29 is 26.7 Å². The van der Waals surface area contributed by atoms with Gasteiger partial charge < -0.3 is 4.74 Å². The minimum absolute atomic E-state index is 0.0478. The van der Waals surface area contributed by atoms with Gasteiger partial charge in [-0.3, -0.25) is 4.79 Å². The number of esters is 1. The summed E-state index contributed by atoms with van der Waals surface area (Å²) in [5, 5.41) is 0. The summed E-state index contributed by atoms with van der Waals surface area (Å²) in [6, 6.07) is 2.12. The Balaban J connectivity index is 2.97. The molecule has 0 aliphatic carbocycles. The average Bonchev–Trinajstić information content (AvgIpc) is 2.21. The van der Waals surface area contributed by atoms with Gasteiger partial charge in [0.05, 0.1) is 11.5 Å². The fourth-order valence-electron chi connectivity index (χ4n) is 1.11. The average molecular weight is 264 g/mol. The van der Waals surface area contributed by atoms with Crippen LogP contribution in [0.25, 0.3) is 0 Å². The lowest BCUT2D eigenvalue weighted by molar-refractivity contribution is -0.139. The number of sulfone groups is 1. The number of carbonyl (C=O) groups is 1. The van der Waals surface area contributed by atoms with Crippen molar-refractivity contribution >= 4 is 15.8 Å². The van der Waals surface area contributed by atoms with Crippen LogP contribution in [-0.4, -0.2) is 26.7 Å². The van der Waals surface area contributed by atoms with Crippen molar-refractivity contribution in [2.75, 3.05) is 12.4 Å². The fraction of sp³-hybridized carbons (Fsp3) is 0.300. The van der Waals surface area contributed by atoms with Crippen LogP contribution in [0.3, 0.4) is 0 Å². The van der Waals surface area contributed by atoms with Crippen LogP contribution in [0.1, 0.15) is 6.92 Å². The molecule has 0 unspecified atom stereocenters. The molecule has 0 aliphatic heterocycles. The smallest absolute Gasteiger partial charge is 0.321 e. The molecule has 1 aromatic rings. The van der Waals surface area contributed by atoms with Gasteiger partial charge in [-0.05, 0) is 25.1 Å². The second-order valence-electron chi connectivity index (χ2n) is 3.14. The summed E-state index contributed by atoms with van der Waals surface area (Å²) in [4.78, 5) is 10.6. The van der Waals surface area contributed by atoms with Gasteiger partial charge in [-0.2, -0.15) is 0 Å². The van der Waals surface area contributed by atoms with E-state index in [0.717, 1.165) is 6.07 Å².